The summed E-state index contributed by atoms with van der Waals surface area (Å²) >= 11 is 1.97. The first-order chi connectivity index (χ1) is 9.95. The van der Waals surface area contributed by atoms with E-state index in [1.165, 1.54) is 29.1 Å². The van der Waals surface area contributed by atoms with E-state index in [1.807, 2.05) is 11.3 Å². The molecule has 0 spiro atoms. The Bertz CT molecular complexity index is 438. The zero-order valence-electron chi connectivity index (χ0n) is 14.4. The number of nitrogens with zero attached hydrogens (tertiary/aromatic N) is 1. The van der Waals surface area contributed by atoms with Crippen LogP contribution in [-0.2, 0) is 13.1 Å². The summed E-state index contributed by atoms with van der Waals surface area (Å²) in [6, 6.07) is 3.16. The third-order valence-corrected chi connectivity index (χ3v) is 5.67. The van der Waals surface area contributed by atoms with E-state index >= 15 is 0 Å². The predicted molar refractivity (Wildman–Crippen MR) is 93.9 cm³/mol. The van der Waals surface area contributed by atoms with Crippen LogP contribution in [0.1, 0.15) is 55.9 Å². The maximum absolute atomic E-state index is 3.56. The SMILES string of the molecule is Cc1sc(CNCC(C)C)cc1CN1CCC(C)CC1C. The Morgan fingerprint density at radius 3 is 2.81 bits per heavy atom. The second-order valence-corrected chi connectivity index (χ2v) is 8.61. The van der Waals surface area contributed by atoms with E-state index in [2.05, 4.69) is 50.9 Å². The normalized spacial score (nSPS) is 23.9. The van der Waals surface area contributed by atoms with Gasteiger partial charge in [0.2, 0.25) is 0 Å². The second kappa shape index (κ2) is 7.75. The first kappa shape index (κ1) is 17.0. The molecule has 0 bridgehead atoms. The highest BCUT2D eigenvalue weighted by Gasteiger charge is 2.23. The van der Waals surface area contributed by atoms with Gasteiger partial charge in [-0.15, -0.1) is 11.3 Å². The highest BCUT2D eigenvalue weighted by Crippen LogP contribution is 2.27. The minimum Gasteiger partial charge on any atom is -0.312 e. The van der Waals surface area contributed by atoms with Crippen molar-refractivity contribution in [2.75, 3.05) is 13.1 Å². The highest BCUT2D eigenvalue weighted by atomic mass is 32.1. The molecule has 2 rings (SSSR count). The molecular weight excluding hydrogens is 276 g/mol. The summed E-state index contributed by atoms with van der Waals surface area (Å²) in [5, 5.41) is 3.56. The molecule has 1 aliphatic heterocycles. The smallest absolute Gasteiger partial charge is 0.0300 e. The monoisotopic (exact) mass is 308 g/mol. The van der Waals surface area contributed by atoms with Crippen LogP contribution in [0.5, 0.6) is 0 Å². The number of thiophene rings is 1. The van der Waals surface area contributed by atoms with Gasteiger partial charge >= 0.3 is 0 Å². The number of hydrogen-bond donors (Lipinski definition) is 1. The summed E-state index contributed by atoms with van der Waals surface area (Å²) in [7, 11) is 0. The third-order valence-electron chi connectivity index (χ3n) is 4.57. The first-order valence-electron chi connectivity index (χ1n) is 8.48. The zero-order chi connectivity index (χ0) is 15.4. The summed E-state index contributed by atoms with van der Waals surface area (Å²) in [5.41, 5.74) is 1.54. The molecule has 1 fully saturated rings. The molecule has 1 aliphatic rings. The van der Waals surface area contributed by atoms with Gasteiger partial charge in [0.15, 0.2) is 0 Å². The van der Waals surface area contributed by atoms with Crippen LogP contribution in [0.25, 0.3) is 0 Å². The molecule has 120 valence electrons. The van der Waals surface area contributed by atoms with Crippen LogP contribution < -0.4 is 5.32 Å². The van der Waals surface area contributed by atoms with Crippen LogP contribution in [0.15, 0.2) is 6.07 Å². The fourth-order valence-corrected chi connectivity index (χ4v) is 4.25. The van der Waals surface area contributed by atoms with Crippen LogP contribution in [0.2, 0.25) is 0 Å². The van der Waals surface area contributed by atoms with Gasteiger partial charge in [0.25, 0.3) is 0 Å². The quantitative estimate of drug-likeness (QED) is 0.836. The van der Waals surface area contributed by atoms with Gasteiger partial charge in [-0.1, -0.05) is 20.8 Å². The lowest BCUT2D eigenvalue weighted by Crippen LogP contribution is -2.39. The van der Waals surface area contributed by atoms with E-state index in [4.69, 9.17) is 0 Å². The number of likely N-dealkylation sites (tertiary alicyclic amines) is 1. The summed E-state index contributed by atoms with van der Waals surface area (Å²) in [6.07, 6.45) is 2.71. The minimum absolute atomic E-state index is 0.724. The maximum atomic E-state index is 3.56. The number of aryl methyl sites for hydroxylation is 1. The molecule has 0 aliphatic carbocycles. The van der Waals surface area contributed by atoms with Crippen molar-refractivity contribution >= 4 is 11.3 Å². The first-order valence-corrected chi connectivity index (χ1v) is 9.30. The van der Waals surface area contributed by atoms with Gasteiger partial charge in [-0.2, -0.15) is 0 Å². The van der Waals surface area contributed by atoms with Crippen LogP contribution in [0, 0.1) is 18.8 Å². The lowest BCUT2D eigenvalue weighted by atomic mass is 9.93. The van der Waals surface area contributed by atoms with Gasteiger partial charge in [0.1, 0.15) is 0 Å². The fourth-order valence-electron chi connectivity index (χ4n) is 3.23. The Hall–Kier alpha value is -0.380. The van der Waals surface area contributed by atoms with Gasteiger partial charge in [-0.3, -0.25) is 4.90 Å². The number of hydrogen-bond acceptors (Lipinski definition) is 3. The second-order valence-electron chi connectivity index (χ2n) is 7.27. The number of nitrogens with one attached hydrogen (secondary N) is 1. The van der Waals surface area contributed by atoms with Crippen LogP contribution in [0.3, 0.4) is 0 Å². The molecule has 21 heavy (non-hydrogen) atoms. The van der Waals surface area contributed by atoms with E-state index in [1.54, 1.807) is 5.56 Å². The predicted octanol–water partition coefficient (Wildman–Crippen LogP) is 4.42. The van der Waals surface area contributed by atoms with Gasteiger partial charge in [0, 0.05) is 28.9 Å². The molecule has 2 unspecified atom stereocenters. The van der Waals surface area contributed by atoms with Crippen molar-refractivity contribution in [1.82, 2.24) is 10.2 Å². The van der Waals surface area contributed by atoms with Crippen molar-refractivity contribution in [3.8, 4) is 0 Å². The molecule has 0 radical (unpaired) electrons. The Kier molecular flexibility index (Phi) is 6.27. The topological polar surface area (TPSA) is 15.3 Å². The van der Waals surface area contributed by atoms with Crippen LogP contribution in [0.4, 0.5) is 0 Å². The Balaban J connectivity index is 1.90. The largest absolute Gasteiger partial charge is 0.312 e. The summed E-state index contributed by atoms with van der Waals surface area (Å²) < 4.78 is 0. The summed E-state index contributed by atoms with van der Waals surface area (Å²) in [4.78, 5) is 5.66. The van der Waals surface area contributed by atoms with Gasteiger partial charge < -0.3 is 5.32 Å². The molecular formula is C18H32N2S. The molecule has 1 saturated heterocycles. The van der Waals surface area contributed by atoms with Crippen LogP contribution >= 0.6 is 11.3 Å². The molecule has 2 atom stereocenters. The molecule has 3 heteroatoms. The number of piperidine rings is 1. The fraction of sp³-hybridized carbons (Fsp3) is 0.778. The van der Waals surface area contributed by atoms with E-state index in [-0.39, 0.29) is 0 Å². The highest BCUT2D eigenvalue weighted by molar-refractivity contribution is 7.12. The molecule has 1 aromatic heterocycles. The molecule has 0 amide bonds. The lowest BCUT2D eigenvalue weighted by Gasteiger charge is -2.36. The van der Waals surface area contributed by atoms with E-state index in [9.17, 15) is 0 Å². The molecule has 1 N–H and O–H groups in total. The van der Waals surface area contributed by atoms with Crippen molar-refractivity contribution in [2.24, 2.45) is 11.8 Å². The van der Waals surface area contributed by atoms with E-state index in [0.717, 1.165) is 37.5 Å². The average molecular weight is 309 g/mol. The van der Waals surface area contributed by atoms with Crippen LogP contribution in [-0.4, -0.2) is 24.0 Å². The standard InChI is InChI=1S/C18H32N2S/c1-13(2)10-19-11-18-9-17(16(5)21-18)12-20-7-6-14(3)8-15(20)4/h9,13-15,19H,6-8,10-12H2,1-5H3. The van der Waals surface area contributed by atoms with Crippen molar-refractivity contribution in [3.63, 3.8) is 0 Å². The maximum Gasteiger partial charge on any atom is 0.0300 e. The van der Waals surface area contributed by atoms with Crippen molar-refractivity contribution in [3.05, 3.63) is 21.4 Å². The third kappa shape index (κ3) is 5.08. The molecule has 2 heterocycles. The van der Waals surface area contributed by atoms with Crippen molar-refractivity contribution in [2.45, 2.75) is 66.6 Å². The summed E-state index contributed by atoms with van der Waals surface area (Å²) in [5.74, 6) is 1.62. The van der Waals surface area contributed by atoms with Gasteiger partial charge in [-0.05, 0) is 63.2 Å². The molecule has 2 nitrogen and oxygen atoms in total. The molecule has 0 saturated carbocycles. The van der Waals surface area contributed by atoms with E-state index < -0.39 is 0 Å². The van der Waals surface area contributed by atoms with Gasteiger partial charge in [-0.25, -0.2) is 0 Å². The number of rotatable bonds is 6. The lowest BCUT2D eigenvalue weighted by molar-refractivity contribution is 0.122. The molecule has 0 aromatic carbocycles. The zero-order valence-corrected chi connectivity index (χ0v) is 15.2. The average Bonchev–Trinajstić information content (AvgIpc) is 2.73. The van der Waals surface area contributed by atoms with Crippen molar-refractivity contribution < 1.29 is 0 Å². The Morgan fingerprint density at radius 2 is 2.14 bits per heavy atom. The molecule has 1 aromatic rings. The Morgan fingerprint density at radius 1 is 1.38 bits per heavy atom. The van der Waals surface area contributed by atoms with Gasteiger partial charge in [0.05, 0.1) is 0 Å². The summed E-state index contributed by atoms with van der Waals surface area (Å²) in [6.45, 7) is 16.1. The van der Waals surface area contributed by atoms with Crippen molar-refractivity contribution in [1.29, 1.82) is 0 Å². The Labute approximate surface area is 134 Å². The minimum atomic E-state index is 0.724. The van der Waals surface area contributed by atoms with E-state index in [0.29, 0.717) is 0 Å².